The molecule has 3 aromatic rings. The third-order valence-corrected chi connectivity index (χ3v) is 6.32. The molecule has 35 heavy (non-hydrogen) atoms. The number of ether oxygens (including phenoxy) is 1. The highest BCUT2D eigenvalue weighted by Gasteiger charge is 2.27. The highest BCUT2D eigenvalue weighted by molar-refractivity contribution is 5.92. The van der Waals surface area contributed by atoms with Gasteiger partial charge < -0.3 is 24.3 Å². The van der Waals surface area contributed by atoms with Crippen molar-refractivity contribution in [3.63, 3.8) is 0 Å². The molecule has 0 saturated carbocycles. The van der Waals surface area contributed by atoms with Crippen molar-refractivity contribution in [2.45, 2.75) is 45.9 Å². The van der Waals surface area contributed by atoms with Gasteiger partial charge in [0.15, 0.2) is 0 Å². The molecule has 1 aromatic heterocycles. The van der Waals surface area contributed by atoms with E-state index >= 15 is 0 Å². The van der Waals surface area contributed by atoms with Crippen molar-refractivity contribution in [3.05, 3.63) is 89.4 Å². The van der Waals surface area contributed by atoms with Crippen LogP contribution in [-0.2, 0) is 22.6 Å². The topological polar surface area (TPSA) is 75.0 Å². The van der Waals surface area contributed by atoms with Gasteiger partial charge in [0.25, 0.3) is 0 Å². The predicted octanol–water partition coefficient (Wildman–Crippen LogP) is 5.14. The lowest BCUT2D eigenvalue weighted by Gasteiger charge is -2.29. The smallest absolute Gasteiger partial charge is 0.322 e. The number of urea groups is 1. The number of hydrogen-bond acceptors (Lipinski definition) is 4. The minimum Gasteiger partial charge on any atom is -0.467 e. The first-order valence-electron chi connectivity index (χ1n) is 12.1. The van der Waals surface area contributed by atoms with E-state index in [-0.39, 0.29) is 24.6 Å². The molecule has 1 atom stereocenters. The fraction of sp³-hybridized carbons (Fsp3) is 0.357. The quantitative estimate of drug-likeness (QED) is 0.465. The molecule has 3 amide bonds. The average molecular weight is 476 g/mol. The molecule has 4 rings (SSSR count). The highest BCUT2D eigenvalue weighted by atomic mass is 16.5. The van der Waals surface area contributed by atoms with Gasteiger partial charge in [0.1, 0.15) is 12.3 Å². The molecule has 1 saturated heterocycles. The highest BCUT2D eigenvalue weighted by Crippen LogP contribution is 2.18. The normalized spacial score (nSPS) is 15.1. The molecule has 1 N–H and O–H groups in total. The Labute approximate surface area is 206 Å². The lowest BCUT2D eigenvalue weighted by atomic mass is 10.1. The van der Waals surface area contributed by atoms with Gasteiger partial charge in [-0.3, -0.25) is 4.79 Å². The number of anilines is 1. The molecule has 184 valence electrons. The van der Waals surface area contributed by atoms with E-state index in [9.17, 15) is 9.59 Å². The monoisotopic (exact) mass is 475 g/mol. The Hall–Kier alpha value is -3.58. The molecule has 0 aliphatic carbocycles. The van der Waals surface area contributed by atoms with Gasteiger partial charge in [-0.05, 0) is 67.6 Å². The van der Waals surface area contributed by atoms with Crippen molar-refractivity contribution in [1.82, 2.24) is 9.80 Å². The number of aryl methyl sites for hydroxylation is 2. The van der Waals surface area contributed by atoms with E-state index in [0.717, 1.165) is 29.5 Å². The van der Waals surface area contributed by atoms with E-state index in [1.54, 1.807) is 22.1 Å². The Morgan fingerprint density at radius 2 is 1.80 bits per heavy atom. The van der Waals surface area contributed by atoms with Crippen molar-refractivity contribution in [1.29, 1.82) is 0 Å². The summed E-state index contributed by atoms with van der Waals surface area (Å²) in [5.41, 5.74) is 3.97. The van der Waals surface area contributed by atoms with Crippen molar-refractivity contribution in [2.24, 2.45) is 0 Å². The largest absolute Gasteiger partial charge is 0.467 e. The lowest BCUT2D eigenvalue weighted by molar-refractivity contribution is -0.133. The fourth-order valence-corrected chi connectivity index (χ4v) is 4.17. The molecule has 1 aliphatic rings. The lowest BCUT2D eigenvalue weighted by Crippen LogP contribution is -2.46. The number of benzene rings is 2. The standard InChI is InChI=1S/C28H33N3O4/c1-21-12-13-24(16-22(21)2)29-28(33)31(19-26-11-7-15-35-26)20-27(32)30(18-25-10-6-14-34-25)17-23-8-4-3-5-9-23/h3-6,8-10,12-14,16,26H,7,11,15,17-20H2,1-2H3,(H,29,33). The molecule has 7 nitrogen and oxygen atoms in total. The van der Waals surface area contributed by atoms with Gasteiger partial charge in [-0.1, -0.05) is 36.4 Å². The number of rotatable bonds is 9. The first-order chi connectivity index (χ1) is 17.0. The Morgan fingerprint density at radius 1 is 0.971 bits per heavy atom. The number of nitrogens with one attached hydrogen (secondary N) is 1. The molecule has 1 aliphatic heterocycles. The molecule has 7 heteroatoms. The summed E-state index contributed by atoms with van der Waals surface area (Å²) < 4.78 is 11.3. The van der Waals surface area contributed by atoms with Crippen LogP contribution in [0.15, 0.2) is 71.3 Å². The summed E-state index contributed by atoms with van der Waals surface area (Å²) in [6, 6.07) is 19.0. The number of amides is 3. The molecular weight excluding hydrogens is 442 g/mol. The molecular formula is C28H33N3O4. The van der Waals surface area contributed by atoms with Crippen molar-refractivity contribution in [3.8, 4) is 0 Å². The molecule has 1 unspecified atom stereocenters. The molecule has 2 heterocycles. The van der Waals surface area contributed by atoms with Crippen LogP contribution in [0, 0.1) is 13.8 Å². The minimum atomic E-state index is -0.310. The molecule has 2 aromatic carbocycles. The van der Waals surface area contributed by atoms with Crippen LogP contribution >= 0.6 is 0 Å². The maximum Gasteiger partial charge on any atom is 0.322 e. The maximum absolute atomic E-state index is 13.5. The van der Waals surface area contributed by atoms with E-state index in [1.807, 2.05) is 68.4 Å². The van der Waals surface area contributed by atoms with E-state index in [2.05, 4.69) is 5.32 Å². The Morgan fingerprint density at radius 3 is 2.49 bits per heavy atom. The van der Waals surface area contributed by atoms with Crippen LogP contribution in [0.25, 0.3) is 0 Å². The Balaban J connectivity index is 1.50. The van der Waals surface area contributed by atoms with Crippen molar-refractivity contribution < 1.29 is 18.7 Å². The van der Waals surface area contributed by atoms with Crippen molar-refractivity contribution >= 4 is 17.6 Å². The predicted molar refractivity (Wildman–Crippen MR) is 135 cm³/mol. The number of furan rings is 1. The zero-order valence-electron chi connectivity index (χ0n) is 20.4. The van der Waals surface area contributed by atoms with E-state index < -0.39 is 0 Å². The van der Waals surface area contributed by atoms with Crippen LogP contribution < -0.4 is 5.32 Å². The second-order valence-electron chi connectivity index (χ2n) is 9.06. The van der Waals surface area contributed by atoms with Crippen LogP contribution in [0.3, 0.4) is 0 Å². The number of carbonyl (C=O) groups excluding carboxylic acids is 2. The van der Waals surface area contributed by atoms with Gasteiger partial charge in [-0.15, -0.1) is 0 Å². The second kappa shape index (κ2) is 11.7. The Bertz CT molecular complexity index is 1110. The van der Waals surface area contributed by atoms with Gasteiger partial charge in [0, 0.05) is 25.4 Å². The summed E-state index contributed by atoms with van der Waals surface area (Å²) in [4.78, 5) is 30.1. The third kappa shape index (κ3) is 6.96. The zero-order chi connectivity index (χ0) is 24.6. The maximum atomic E-state index is 13.5. The summed E-state index contributed by atoms with van der Waals surface area (Å²) in [5.74, 6) is 0.540. The molecule has 1 fully saturated rings. The zero-order valence-corrected chi connectivity index (χ0v) is 20.4. The summed E-state index contributed by atoms with van der Waals surface area (Å²) in [6.45, 7) is 5.79. The fourth-order valence-electron chi connectivity index (χ4n) is 4.17. The second-order valence-corrected chi connectivity index (χ2v) is 9.06. The van der Waals surface area contributed by atoms with E-state index in [0.29, 0.717) is 37.7 Å². The van der Waals surface area contributed by atoms with Gasteiger partial charge >= 0.3 is 6.03 Å². The summed E-state index contributed by atoms with van der Waals surface area (Å²) in [7, 11) is 0. The number of nitrogens with zero attached hydrogens (tertiary/aromatic N) is 2. The molecule has 0 spiro atoms. The average Bonchev–Trinajstić information content (AvgIpc) is 3.56. The van der Waals surface area contributed by atoms with E-state index in [4.69, 9.17) is 9.15 Å². The van der Waals surface area contributed by atoms with Crippen LogP contribution in [-0.4, -0.2) is 47.5 Å². The number of hydrogen-bond donors (Lipinski definition) is 1. The van der Waals surface area contributed by atoms with Crippen LogP contribution in [0.5, 0.6) is 0 Å². The third-order valence-electron chi connectivity index (χ3n) is 6.32. The summed E-state index contributed by atoms with van der Waals surface area (Å²) in [6.07, 6.45) is 3.37. The van der Waals surface area contributed by atoms with Gasteiger partial charge in [0.05, 0.1) is 18.9 Å². The SMILES string of the molecule is Cc1ccc(NC(=O)N(CC(=O)N(Cc2ccccc2)Cc2ccco2)CC2CCCO2)cc1C. The van der Waals surface area contributed by atoms with Gasteiger partial charge in [-0.25, -0.2) is 4.79 Å². The molecule has 0 bridgehead atoms. The van der Waals surface area contributed by atoms with Crippen LogP contribution in [0.1, 0.15) is 35.3 Å². The number of carbonyl (C=O) groups is 2. The molecule has 0 radical (unpaired) electrons. The van der Waals surface area contributed by atoms with Crippen LogP contribution in [0.2, 0.25) is 0 Å². The van der Waals surface area contributed by atoms with Gasteiger partial charge in [0.2, 0.25) is 5.91 Å². The first kappa shape index (κ1) is 24.5. The first-order valence-corrected chi connectivity index (χ1v) is 12.1. The van der Waals surface area contributed by atoms with Gasteiger partial charge in [-0.2, -0.15) is 0 Å². The van der Waals surface area contributed by atoms with E-state index in [1.165, 1.54) is 0 Å². The summed E-state index contributed by atoms with van der Waals surface area (Å²) in [5, 5.41) is 2.97. The van der Waals surface area contributed by atoms with Crippen molar-refractivity contribution in [2.75, 3.05) is 25.0 Å². The minimum absolute atomic E-state index is 0.0515. The summed E-state index contributed by atoms with van der Waals surface area (Å²) >= 11 is 0. The Kier molecular flexibility index (Phi) is 8.21. The van der Waals surface area contributed by atoms with Crippen LogP contribution in [0.4, 0.5) is 10.5 Å².